The standard InChI is InChI=1S/C12H15BrN2O4/c1-8(2)14(7-12(16)17)6-9-3-4-10(13)5-11(9)15(18)19/h3-5,8H,6-7H2,1-2H3,(H,16,17). The summed E-state index contributed by atoms with van der Waals surface area (Å²) in [5.74, 6) is -0.950. The van der Waals surface area contributed by atoms with Crippen molar-refractivity contribution in [2.45, 2.75) is 26.4 Å². The Morgan fingerprint density at radius 1 is 1.53 bits per heavy atom. The predicted octanol–water partition coefficient (Wildman–Crippen LogP) is 2.65. The van der Waals surface area contributed by atoms with E-state index in [0.29, 0.717) is 10.0 Å². The van der Waals surface area contributed by atoms with Crippen molar-refractivity contribution in [3.63, 3.8) is 0 Å². The van der Waals surface area contributed by atoms with E-state index in [0.717, 1.165) is 0 Å². The predicted molar refractivity (Wildman–Crippen MR) is 74.0 cm³/mol. The van der Waals surface area contributed by atoms with Crippen molar-refractivity contribution in [2.24, 2.45) is 0 Å². The summed E-state index contributed by atoms with van der Waals surface area (Å²) in [6.45, 7) is 3.79. The molecule has 0 radical (unpaired) electrons. The molecule has 1 N–H and O–H groups in total. The van der Waals surface area contributed by atoms with Gasteiger partial charge in [0.15, 0.2) is 0 Å². The molecular weight excluding hydrogens is 316 g/mol. The SMILES string of the molecule is CC(C)N(CC(=O)O)Cc1ccc(Br)cc1[N+](=O)[O-]. The number of aliphatic carboxylic acids is 1. The van der Waals surface area contributed by atoms with Crippen LogP contribution in [0.1, 0.15) is 19.4 Å². The summed E-state index contributed by atoms with van der Waals surface area (Å²) in [6, 6.07) is 4.76. The number of nitro groups is 1. The maximum absolute atomic E-state index is 11.0. The molecule has 0 fully saturated rings. The molecule has 0 heterocycles. The van der Waals surface area contributed by atoms with Gasteiger partial charge in [-0.2, -0.15) is 0 Å². The number of nitro benzene ring substituents is 1. The van der Waals surface area contributed by atoms with Gasteiger partial charge < -0.3 is 5.11 Å². The summed E-state index contributed by atoms with van der Waals surface area (Å²) in [4.78, 5) is 23.0. The zero-order valence-electron chi connectivity index (χ0n) is 10.7. The Morgan fingerprint density at radius 2 is 2.16 bits per heavy atom. The van der Waals surface area contributed by atoms with Gasteiger partial charge in [-0.1, -0.05) is 15.9 Å². The first-order valence-corrected chi connectivity index (χ1v) is 6.49. The summed E-state index contributed by atoms with van der Waals surface area (Å²) >= 11 is 3.19. The first-order valence-electron chi connectivity index (χ1n) is 5.70. The van der Waals surface area contributed by atoms with E-state index in [2.05, 4.69) is 15.9 Å². The van der Waals surface area contributed by atoms with Crippen LogP contribution in [0.2, 0.25) is 0 Å². The molecular formula is C12H15BrN2O4. The molecule has 0 aromatic heterocycles. The summed E-state index contributed by atoms with van der Waals surface area (Å²) in [5.41, 5.74) is 0.494. The van der Waals surface area contributed by atoms with Crippen LogP contribution in [0.5, 0.6) is 0 Å². The van der Waals surface area contributed by atoms with Crippen LogP contribution < -0.4 is 0 Å². The smallest absolute Gasteiger partial charge is 0.317 e. The summed E-state index contributed by atoms with van der Waals surface area (Å²) in [7, 11) is 0. The number of carbonyl (C=O) groups is 1. The highest BCUT2D eigenvalue weighted by atomic mass is 79.9. The lowest BCUT2D eigenvalue weighted by Crippen LogP contribution is -2.35. The minimum atomic E-state index is -0.950. The van der Waals surface area contributed by atoms with E-state index >= 15 is 0 Å². The lowest BCUT2D eigenvalue weighted by molar-refractivity contribution is -0.385. The van der Waals surface area contributed by atoms with Crippen LogP contribution in [0.25, 0.3) is 0 Å². The number of carboxylic acids is 1. The Kier molecular flexibility index (Phi) is 5.44. The number of rotatable bonds is 6. The van der Waals surface area contributed by atoms with Crippen LogP contribution in [-0.2, 0) is 11.3 Å². The van der Waals surface area contributed by atoms with Gasteiger partial charge in [0.25, 0.3) is 5.69 Å². The zero-order chi connectivity index (χ0) is 14.6. The largest absolute Gasteiger partial charge is 0.480 e. The van der Waals surface area contributed by atoms with E-state index in [1.54, 1.807) is 17.0 Å². The molecule has 0 aliphatic carbocycles. The van der Waals surface area contributed by atoms with E-state index in [1.807, 2.05) is 13.8 Å². The summed E-state index contributed by atoms with van der Waals surface area (Å²) in [6.07, 6.45) is 0. The van der Waals surface area contributed by atoms with E-state index in [9.17, 15) is 14.9 Å². The van der Waals surface area contributed by atoms with Crippen molar-refractivity contribution in [3.8, 4) is 0 Å². The van der Waals surface area contributed by atoms with Gasteiger partial charge in [-0.25, -0.2) is 0 Å². The Morgan fingerprint density at radius 3 is 2.63 bits per heavy atom. The number of halogens is 1. The zero-order valence-corrected chi connectivity index (χ0v) is 12.3. The highest BCUT2D eigenvalue weighted by molar-refractivity contribution is 9.10. The first kappa shape index (κ1) is 15.6. The lowest BCUT2D eigenvalue weighted by Gasteiger charge is -2.24. The van der Waals surface area contributed by atoms with E-state index < -0.39 is 10.9 Å². The maximum Gasteiger partial charge on any atom is 0.317 e. The van der Waals surface area contributed by atoms with Crippen LogP contribution >= 0.6 is 15.9 Å². The highest BCUT2D eigenvalue weighted by Gasteiger charge is 2.20. The van der Waals surface area contributed by atoms with Crippen molar-refractivity contribution in [2.75, 3.05) is 6.54 Å². The molecule has 0 unspecified atom stereocenters. The van der Waals surface area contributed by atoms with Gasteiger partial charge in [-0.3, -0.25) is 19.8 Å². The molecule has 0 atom stereocenters. The normalized spacial score (nSPS) is 11.0. The van der Waals surface area contributed by atoms with Gasteiger partial charge in [0.1, 0.15) is 0 Å². The summed E-state index contributed by atoms with van der Waals surface area (Å²) in [5, 5.41) is 19.8. The fraction of sp³-hybridized carbons (Fsp3) is 0.417. The van der Waals surface area contributed by atoms with Gasteiger partial charge in [-0.15, -0.1) is 0 Å². The molecule has 19 heavy (non-hydrogen) atoms. The fourth-order valence-electron chi connectivity index (χ4n) is 1.65. The van der Waals surface area contributed by atoms with Gasteiger partial charge >= 0.3 is 5.97 Å². The molecule has 6 nitrogen and oxygen atoms in total. The van der Waals surface area contributed by atoms with Crippen LogP contribution in [-0.4, -0.2) is 33.5 Å². The van der Waals surface area contributed by atoms with Crippen molar-refractivity contribution < 1.29 is 14.8 Å². The molecule has 104 valence electrons. The second-order valence-corrected chi connectivity index (χ2v) is 5.34. The molecule has 0 amide bonds. The molecule has 1 aromatic carbocycles. The summed E-state index contributed by atoms with van der Waals surface area (Å²) < 4.78 is 0.622. The molecule has 0 bridgehead atoms. The van der Waals surface area contributed by atoms with Gasteiger partial charge in [0, 0.05) is 28.7 Å². The third-order valence-corrected chi connectivity index (χ3v) is 3.18. The number of hydrogen-bond donors (Lipinski definition) is 1. The minimum absolute atomic E-state index is 0.00888. The monoisotopic (exact) mass is 330 g/mol. The maximum atomic E-state index is 11.0. The van der Waals surface area contributed by atoms with Crippen LogP contribution in [0.4, 0.5) is 5.69 Å². The van der Waals surface area contributed by atoms with Crippen molar-refractivity contribution >= 4 is 27.6 Å². The molecule has 0 spiro atoms. The Bertz CT molecular complexity index is 491. The van der Waals surface area contributed by atoms with E-state index in [1.165, 1.54) is 6.07 Å². The van der Waals surface area contributed by atoms with Crippen LogP contribution in [0.15, 0.2) is 22.7 Å². The number of carboxylic acid groups (broad SMARTS) is 1. The molecule has 0 saturated carbocycles. The molecule has 0 aliphatic rings. The third kappa shape index (κ3) is 4.60. The Balaban J connectivity index is 3.02. The average Bonchev–Trinajstić information content (AvgIpc) is 2.29. The van der Waals surface area contributed by atoms with Crippen LogP contribution in [0, 0.1) is 10.1 Å². The quantitative estimate of drug-likeness (QED) is 0.640. The average molecular weight is 331 g/mol. The Hall–Kier alpha value is -1.47. The number of hydrogen-bond acceptors (Lipinski definition) is 4. The highest BCUT2D eigenvalue weighted by Crippen LogP contribution is 2.25. The minimum Gasteiger partial charge on any atom is -0.480 e. The number of benzene rings is 1. The molecule has 7 heteroatoms. The topological polar surface area (TPSA) is 83.7 Å². The molecule has 1 aromatic rings. The molecule has 0 saturated heterocycles. The molecule has 1 rings (SSSR count). The fourth-order valence-corrected chi connectivity index (χ4v) is 2.00. The molecule has 0 aliphatic heterocycles. The first-order chi connectivity index (χ1) is 8.81. The third-order valence-electron chi connectivity index (χ3n) is 2.69. The number of nitrogens with zero attached hydrogens (tertiary/aromatic N) is 2. The second-order valence-electron chi connectivity index (χ2n) is 4.42. The van der Waals surface area contributed by atoms with E-state index in [4.69, 9.17) is 5.11 Å². The van der Waals surface area contributed by atoms with Gasteiger partial charge in [-0.05, 0) is 26.0 Å². The van der Waals surface area contributed by atoms with Crippen LogP contribution in [0.3, 0.4) is 0 Å². The van der Waals surface area contributed by atoms with Crippen molar-refractivity contribution in [1.82, 2.24) is 4.90 Å². The second kappa shape index (κ2) is 6.63. The lowest BCUT2D eigenvalue weighted by atomic mass is 10.1. The van der Waals surface area contributed by atoms with E-state index in [-0.39, 0.29) is 24.8 Å². The van der Waals surface area contributed by atoms with Crippen molar-refractivity contribution in [1.29, 1.82) is 0 Å². The van der Waals surface area contributed by atoms with Gasteiger partial charge in [0.2, 0.25) is 0 Å². The Labute approximate surface area is 119 Å². The van der Waals surface area contributed by atoms with Gasteiger partial charge in [0.05, 0.1) is 11.5 Å². The van der Waals surface area contributed by atoms with Crippen molar-refractivity contribution in [3.05, 3.63) is 38.3 Å².